The third kappa shape index (κ3) is 8.21. The summed E-state index contributed by atoms with van der Waals surface area (Å²) in [5.74, 6) is -0.187. The van der Waals surface area contributed by atoms with Crippen LogP contribution in [0.4, 0.5) is 0 Å². The number of aliphatic carboxylic acids is 1. The second-order valence-electron chi connectivity index (χ2n) is 6.04. The highest BCUT2D eigenvalue weighted by molar-refractivity contribution is 5.65. The van der Waals surface area contributed by atoms with Crippen molar-refractivity contribution in [2.45, 2.75) is 26.7 Å². The highest BCUT2D eigenvalue weighted by Crippen LogP contribution is 2.25. The monoisotopic (exact) mass is 267 g/mol. The van der Waals surface area contributed by atoms with Crippen LogP contribution in [-0.2, 0) is 4.79 Å². The number of likely N-dealkylation sites (N-methyl/N-ethyl adjacent to an activating group) is 1. The van der Waals surface area contributed by atoms with Crippen LogP contribution in [0.5, 0.6) is 5.75 Å². The van der Waals surface area contributed by atoms with Crippen LogP contribution >= 0.6 is 0 Å². The molecule has 0 fully saturated rings. The summed E-state index contributed by atoms with van der Waals surface area (Å²) in [7, 11) is 5.40. The molecule has 0 saturated heterocycles. The van der Waals surface area contributed by atoms with Crippen molar-refractivity contribution < 1.29 is 19.5 Å². The molecule has 0 aliphatic heterocycles. The van der Waals surface area contributed by atoms with Crippen LogP contribution in [0.2, 0.25) is 0 Å². The third-order valence-corrected chi connectivity index (χ3v) is 2.41. The van der Waals surface area contributed by atoms with Gasteiger partial charge in [-0.1, -0.05) is 26.0 Å². The van der Waals surface area contributed by atoms with E-state index >= 15 is 0 Å². The first-order valence-corrected chi connectivity index (χ1v) is 6.32. The summed E-state index contributed by atoms with van der Waals surface area (Å²) < 4.78 is 0.419. The zero-order valence-corrected chi connectivity index (χ0v) is 12.7. The molecule has 19 heavy (non-hydrogen) atoms. The van der Waals surface area contributed by atoms with Gasteiger partial charge in [-0.3, -0.25) is 0 Å². The summed E-state index contributed by atoms with van der Waals surface area (Å²) in [5, 5.41) is 19.3. The summed E-state index contributed by atoms with van der Waals surface area (Å²) in [6.07, 6.45) is 0. The number of hydrogen-bond acceptors (Lipinski definition) is 3. The molecule has 108 valence electrons. The van der Waals surface area contributed by atoms with Crippen molar-refractivity contribution in [2.24, 2.45) is 0 Å². The predicted octanol–water partition coefficient (Wildman–Crippen LogP) is 1.27. The minimum absolute atomic E-state index is 0.0694. The Morgan fingerprint density at radius 2 is 1.84 bits per heavy atom. The lowest BCUT2D eigenvalue weighted by Crippen LogP contribution is -2.45. The average molecular weight is 267 g/mol. The zero-order chi connectivity index (χ0) is 15.2. The number of phenols is 1. The van der Waals surface area contributed by atoms with Gasteiger partial charge in [0.2, 0.25) is 0 Å². The van der Waals surface area contributed by atoms with Crippen LogP contribution in [0.15, 0.2) is 18.2 Å². The molecule has 4 nitrogen and oxygen atoms in total. The van der Waals surface area contributed by atoms with Crippen molar-refractivity contribution in [3.8, 4) is 5.75 Å². The number of carbonyl (C=O) groups excluding carboxylic acids is 1. The second kappa shape index (κ2) is 7.14. The van der Waals surface area contributed by atoms with Crippen molar-refractivity contribution in [1.29, 1.82) is 0 Å². The number of carboxylic acid groups (broad SMARTS) is 1. The number of benzene rings is 1. The van der Waals surface area contributed by atoms with Crippen molar-refractivity contribution >= 4 is 5.97 Å². The Balaban J connectivity index is 0.000000362. The van der Waals surface area contributed by atoms with E-state index < -0.39 is 5.97 Å². The van der Waals surface area contributed by atoms with Gasteiger partial charge >= 0.3 is 0 Å². The normalized spacial score (nSPS) is 10.9. The number of quaternary nitrogens is 1. The number of phenolic OH excluding ortho intramolecular Hbond substituents is 1. The topological polar surface area (TPSA) is 60.4 Å². The van der Waals surface area contributed by atoms with Gasteiger partial charge in [-0.2, -0.15) is 0 Å². The van der Waals surface area contributed by atoms with Crippen molar-refractivity contribution in [1.82, 2.24) is 0 Å². The third-order valence-electron chi connectivity index (χ3n) is 2.41. The van der Waals surface area contributed by atoms with Gasteiger partial charge in [0.15, 0.2) is 0 Å². The first-order valence-electron chi connectivity index (χ1n) is 6.32. The second-order valence-corrected chi connectivity index (χ2v) is 6.04. The molecule has 0 atom stereocenters. The van der Waals surface area contributed by atoms with Gasteiger partial charge in [0.05, 0.1) is 27.1 Å². The molecule has 1 aromatic carbocycles. The Kier molecular flexibility index (Phi) is 6.56. The molecule has 0 radical (unpaired) electrons. The Labute approximate surface area is 115 Å². The molecule has 1 N–H and O–H groups in total. The molecular formula is C15H25NO3. The van der Waals surface area contributed by atoms with Crippen molar-refractivity contribution in [3.63, 3.8) is 0 Å². The van der Waals surface area contributed by atoms with E-state index in [0.717, 1.165) is 11.1 Å². The van der Waals surface area contributed by atoms with Crippen LogP contribution in [0.25, 0.3) is 0 Å². The number of aromatic hydroxyl groups is 1. The zero-order valence-electron chi connectivity index (χ0n) is 12.7. The minimum Gasteiger partial charge on any atom is -0.544 e. The van der Waals surface area contributed by atoms with Gasteiger partial charge in [-0.05, 0) is 30.0 Å². The molecule has 0 bridgehead atoms. The van der Waals surface area contributed by atoms with Crippen molar-refractivity contribution in [3.05, 3.63) is 29.3 Å². The molecule has 4 heteroatoms. The molecule has 0 spiro atoms. The van der Waals surface area contributed by atoms with Crippen molar-refractivity contribution in [2.75, 3.05) is 27.7 Å². The van der Waals surface area contributed by atoms with Gasteiger partial charge in [-0.15, -0.1) is 0 Å². The largest absolute Gasteiger partial charge is 0.544 e. The van der Waals surface area contributed by atoms with Crippen LogP contribution in [-0.4, -0.2) is 43.2 Å². The lowest BCUT2D eigenvalue weighted by Gasteiger charge is -2.23. The van der Waals surface area contributed by atoms with Gasteiger partial charge in [0, 0.05) is 0 Å². The summed E-state index contributed by atoms with van der Waals surface area (Å²) >= 11 is 0. The van der Waals surface area contributed by atoms with E-state index in [1.807, 2.05) is 19.1 Å². The number of rotatable bonds is 3. The highest BCUT2D eigenvalue weighted by Gasteiger charge is 2.05. The van der Waals surface area contributed by atoms with E-state index in [1.54, 1.807) is 27.2 Å². The quantitative estimate of drug-likeness (QED) is 0.839. The number of aryl methyl sites for hydroxylation is 1. The average Bonchev–Trinajstić information content (AvgIpc) is 2.12. The minimum atomic E-state index is -1.00. The van der Waals surface area contributed by atoms with Crippen LogP contribution in [0.3, 0.4) is 0 Å². The molecule has 0 aromatic heterocycles. The first kappa shape index (κ1) is 17.4. The standard InChI is InChI=1S/C10H14O.C5H11NO2/c1-7(2)9-5-4-8(3)6-10(9)11;1-6(2,3)4-5(7)8/h4-7,11H,1-3H3;4H2,1-3H3. The molecular weight excluding hydrogens is 242 g/mol. The van der Waals surface area contributed by atoms with Gasteiger partial charge in [0.1, 0.15) is 12.3 Å². The fourth-order valence-electron chi connectivity index (χ4n) is 1.53. The van der Waals surface area contributed by atoms with E-state index in [4.69, 9.17) is 0 Å². The summed E-state index contributed by atoms with van der Waals surface area (Å²) in [6, 6.07) is 5.81. The summed E-state index contributed by atoms with van der Waals surface area (Å²) in [4.78, 5) is 9.89. The number of carbonyl (C=O) groups is 1. The molecule has 0 unspecified atom stereocenters. The fourth-order valence-corrected chi connectivity index (χ4v) is 1.53. The maximum atomic E-state index is 9.89. The molecule has 0 aliphatic carbocycles. The van der Waals surface area contributed by atoms with Crippen LogP contribution in [0, 0.1) is 6.92 Å². The van der Waals surface area contributed by atoms with E-state index in [9.17, 15) is 15.0 Å². The Morgan fingerprint density at radius 1 is 1.32 bits per heavy atom. The first-order chi connectivity index (χ1) is 8.53. The Bertz CT molecular complexity index is 420. The van der Waals surface area contributed by atoms with E-state index in [1.165, 1.54) is 0 Å². The smallest absolute Gasteiger partial charge is 0.119 e. The van der Waals surface area contributed by atoms with E-state index in [0.29, 0.717) is 16.2 Å². The predicted molar refractivity (Wildman–Crippen MR) is 74.8 cm³/mol. The Morgan fingerprint density at radius 3 is 2.11 bits per heavy atom. The maximum absolute atomic E-state index is 9.89. The molecule has 1 aromatic rings. The van der Waals surface area contributed by atoms with E-state index in [-0.39, 0.29) is 6.54 Å². The number of hydrogen-bond donors (Lipinski definition) is 1. The molecule has 0 saturated carbocycles. The lowest BCUT2D eigenvalue weighted by atomic mass is 10.0. The highest BCUT2D eigenvalue weighted by atomic mass is 16.4. The van der Waals surface area contributed by atoms with E-state index in [2.05, 4.69) is 13.8 Å². The van der Waals surface area contributed by atoms with Crippen LogP contribution in [0.1, 0.15) is 30.9 Å². The Hall–Kier alpha value is -1.55. The van der Waals surface area contributed by atoms with Gasteiger partial charge < -0.3 is 19.5 Å². The maximum Gasteiger partial charge on any atom is 0.119 e. The SMILES string of the molecule is C[N+](C)(C)CC(=O)[O-].Cc1ccc(C(C)C)c(O)c1. The molecule has 0 aliphatic rings. The van der Waals surface area contributed by atoms with Gasteiger partial charge in [0.25, 0.3) is 0 Å². The lowest BCUT2D eigenvalue weighted by molar-refractivity contribution is -0.864. The van der Waals surface area contributed by atoms with Crippen LogP contribution < -0.4 is 5.11 Å². The van der Waals surface area contributed by atoms with Gasteiger partial charge in [-0.25, -0.2) is 0 Å². The number of carboxylic acids is 1. The summed E-state index contributed by atoms with van der Waals surface area (Å²) in [6.45, 7) is 6.19. The molecule has 0 amide bonds. The molecule has 0 heterocycles. The number of nitrogens with zero attached hydrogens (tertiary/aromatic N) is 1. The fraction of sp³-hybridized carbons (Fsp3) is 0.533. The molecule has 1 rings (SSSR count). The summed E-state index contributed by atoms with van der Waals surface area (Å²) in [5.41, 5.74) is 2.13.